The van der Waals surface area contributed by atoms with E-state index in [1.165, 1.54) is 0 Å². The first kappa shape index (κ1) is 16.8. The van der Waals surface area contributed by atoms with Crippen LogP contribution in [0.5, 0.6) is 11.5 Å². The Balaban J connectivity index is 1.75. The van der Waals surface area contributed by atoms with Crippen LogP contribution in [-0.2, 0) is 11.4 Å². The number of rotatable bonds is 8. The van der Waals surface area contributed by atoms with Gasteiger partial charge in [-0.25, -0.2) is 0 Å². The number of benzene rings is 2. The number of carbonyl (C=O) groups excluding carboxylic acids is 1. The van der Waals surface area contributed by atoms with Gasteiger partial charge in [0.1, 0.15) is 24.7 Å². The van der Waals surface area contributed by atoms with Crippen molar-refractivity contribution in [3.63, 3.8) is 0 Å². The number of ether oxygens (including phenoxy) is 2. The third kappa shape index (κ3) is 5.64. The molecule has 2 rings (SSSR count). The Bertz CT molecular complexity index is 599. The van der Waals surface area contributed by atoms with Gasteiger partial charge in [0.25, 0.3) is 0 Å². The molecule has 2 N–H and O–H groups in total. The summed E-state index contributed by atoms with van der Waals surface area (Å²) in [4.78, 5) is 12.9. The summed E-state index contributed by atoms with van der Waals surface area (Å²) in [6.45, 7) is 1.48. The van der Waals surface area contributed by atoms with Gasteiger partial charge in [-0.15, -0.1) is 0 Å². The minimum atomic E-state index is -0.0988. The van der Waals surface area contributed by atoms with Gasteiger partial charge in [0, 0.05) is 7.05 Å². The topological polar surface area (TPSA) is 64.8 Å². The van der Waals surface area contributed by atoms with Crippen LogP contribution in [0.3, 0.4) is 0 Å². The maximum atomic E-state index is 11.3. The monoisotopic (exact) mass is 314 g/mol. The first-order valence-electron chi connectivity index (χ1n) is 7.52. The summed E-state index contributed by atoms with van der Waals surface area (Å²) >= 11 is 0. The lowest BCUT2D eigenvalue weighted by atomic mass is 10.2. The van der Waals surface area contributed by atoms with Crippen LogP contribution in [0, 0.1) is 0 Å². The second kappa shape index (κ2) is 8.80. The van der Waals surface area contributed by atoms with Gasteiger partial charge in [0.15, 0.2) is 0 Å². The van der Waals surface area contributed by atoms with Gasteiger partial charge in [0.2, 0.25) is 5.91 Å². The molecule has 0 aliphatic rings. The maximum absolute atomic E-state index is 11.3. The Morgan fingerprint density at radius 1 is 1.00 bits per heavy atom. The summed E-state index contributed by atoms with van der Waals surface area (Å²) in [6, 6.07) is 17.4. The zero-order chi connectivity index (χ0) is 16.5. The summed E-state index contributed by atoms with van der Waals surface area (Å²) in [5.41, 5.74) is 6.42. The van der Waals surface area contributed by atoms with Crippen molar-refractivity contribution >= 4 is 5.91 Å². The average molecular weight is 314 g/mol. The van der Waals surface area contributed by atoms with Gasteiger partial charge >= 0.3 is 0 Å². The molecule has 0 unspecified atom stereocenters. The molecule has 2 aromatic carbocycles. The van der Waals surface area contributed by atoms with Gasteiger partial charge in [-0.2, -0.15) is 0 Å². The molecule has 5 heteroatoms. The van der Waals surface area contributed by atoms with Crippen molar-refractivity contribution in [3.8, 4) is 11.5 Å². The highest BCUT2D eigenvalue weighted by Gasteiger charge is 2.05. The molecule has 0 saturated carbocycles. The fourth-order valence-corrected chi connectivity index (χ4v) is 1.95. The molecular formula is C18H22N2O3. The van der Waals surface area contributed by atoms with E-state index in [-0.39, 0.29) is 12.5 Å². The molecule has 0 radical (unpaired) electrons. The highest BCUT2D eigenvalue weighted by molar-refractivity contribution is 5.77. The molecule has 122 valence electrons. The predicted octanol–water partition coefficient (Wildman–Crippen LogP) is 2.06. The SMILES string of the molecule is CN(CCOc1ccc(OCc2ccccc2)cc1)C(=O)CN. The minimum Gasteiger partial charge on any atom is -0.492 e. The molecule has 2 aromatic rings. The van der Waals surface area contributed by atoms with Crippen LogP contribution in [0.15, 0.2) is 54.6 Å². The number of hydrogen-bond acceptors (Lipinski definition) is 4. The highest BCUT2D eigenvalue weighted by atomic mass is 16.5. The smallest absolute Gasteiger partial charge is 0.236 e. The lowest BCUT2D eigenvalue weighted by molar-refractivity contribution is -0.128. The van der Waals surface area contributed by atoms with E-state index in [0.717, 1.165) is 17.1 Å². The first-order chi connectivity index (χ1) is 11.2. The Morgan fingerprint density at radius 2 is 1.61 bits per heavy atom. The summed E-state index contributed by atoms with van der Waals surface area (Å²) in [6.07, 6.45) is 0. The zero-order valence-corrected chi connectivity index (χ0v) is 13.3. The third-order valence-corrected chi connectivity index (χ3v) is 3.37. The summed E-state index contributed by atoms with van der Waals surface area (Å²) in [5.74, 6) is 1.43. The highest BCUT2D eigenvalue weighted by Crippen LogP contribution is 2.18. The lowest BCUT2D eigenvalue weighted by Gasteiger charge is -2.16. The van der Waals surface area contributed by atoms with E-state index in [9.17, 15) is 4.79 Å². The molecule has 0 fully saturated rings. The van der Waals surface area contributed by atoms with Gasteiger partial charge in [-0.1, -0.05) is 30.3 Å². The van der Waals surface area contributed by atoms with Crippen LogP contribution in [0.25, 0.3) is 0 Å². The fourth-order valence-electron chi connectivity index (χ4n) is 1.95. The first-order valence-corrected chi connectivity index (χ1v) is 7.52. The Kier molecular flexibility index (Phi) is 6.44. The predicted molar refractivity (Wildman–Crippen MR) is 89.4 cm³/mol. The van der Waals surface area contributed by atoms with E-state index >= 15 is 0 Å². The number of nitrogens with zero attached hydrogens (tertiary/aromatic N) is 1. The lowest BCUT2D eigenvalue weighted by Crippen LogP contribution is -2.35. The van der Waals surface area contributed by atoms with Gasteiger partial charge < -0.3 is 20.1 Å². The minimum absolute atomic E-state index is 0.0178. The zero-order valence-electron chi connectivity index (χ0n) is 13.3. The largest absolute Gasteiger partial charge is 0.492 e. The van der Waals surface area contributed by atoms with E-state index in [1.54, 1.807) is 11.9 Å². The van der Waals surface area contributed by atoms with Gasteiger partial charge in [-0.05, 0) is 29.8 Å². The van der Waals surface area contributed by atoms with Crippen molar-refractivity contribution in [2.75, 3.05) is 26.7 Å². The maximum Gasteiger partial charge on any atom is 0.236 e. The number of amides is 1. The van der Waals surface area contributed by atoms with Crippen LogP contribution in [0.2, 0.25) is 0 Å². The van der Waals surface area contributed by atoms with Crippen LogP contribution < -0.4 is 15.2 Å². The molecule has 0 heterocycles. The quantitative estimate of drug-likeness (QED) is 0.810. The summed E-state index contributed by atoms with van der Waals surface area (Å²) < 4.78 is 11.3. The third-order valence-electron chi connectivity index (χ3n) is 3.37. The summed E-state index contributed by atoms with van der Waals surface area (Å²) in [5, 5.41) is 0. The van der Waals surface area contributed by atoms with Gasteiger partial charge in [0.05, 0.1) is 13.1 Å². The summed E-state index contributed by atoms with van der Waals surface area (Å²) in [7, 11) is 1.71. The molecule has 0 aliphatic carbocycles. The Morgan fingerprint density at radius 3 is 2.22 bits per heavy atom. The fraction of sp³-hybridized carbons (Fsp3) is 0.278. The van der Waals surface area contributed by atoms with Crippen molar-refractivity contribution < 1.29 is 14.3 Å². The molecule has 0 atom stereocenters. The molecule has 0 aromatic heterocycles. The Labute approximate surface area is 136 Å². The van der Waals surface area contributed by atoms with E-state index in [1.807, 2.05) is 54.6 Å². The van der Waals surface area contributed by atoms with Crippen LogP contribution >= 0.6 is 0 Å². The van der Waals surface area contributed by atoms with Gasteiger partial charge in [-0.3, -0.25) is 4.79 Å². The number of nitrogens with two attached hydrogens (primary N) is 1. The molecule has 0 saturated heterocycles. The molecule has 0 bridgehead atoms. The number of likely N-dealkylation sites (N-methyl/N-ethyl adjacent to an activating group) is 1. The van der Waals surface area contributed by atoms with E-state index in [2.05, 4.69) is 0 Å². The van der Waals surface area contributed by atoms with Crippen molar-refractivity contribution in [3.05, 3.63) is 60.2 Å². The van der Waals surface area contributed by atoms with E-state index in [4.69, 9.17) is 15.2 Å². The molecule has 23 heavy (non-hydrogen) atoms. The van der Waals surface area contributed by atoms with E-state index < -0.39 is 0 Å². The average Bonchev–Trinajstić information content (AvgIpc) is 2.61. The van der Waals surface area contributed by atoms with Crippen molar-refractivity contribution in [1.29, 1.82) is 0 Å². The van der Waals surface area contributed by atoms with Crippen molar-refractivity contribution in [2.24, 2.45) is 5.73 Å². The van der Waals surface area contributed by atoms with Crippen molar-refractivity contribution in [2.45, 2.75) is 6.61 Å². The second-order valence-electron chi connectivity index (χ2n) is 5.11. The van der Waals surface area contributed by atoms with E-state index in [0.29, 0.717) is 19.8 Å². The van der Waals surface area contributed by atoms with Crippen LogP contribution in [0.1, 0.15) is 5.56 Å². The number of carbonyl (C=O) groups is 1. The standard InChI is InChI=1S/C18H22N2O3/c1-20(18(21)13-19)11-12-22-16-7-9-17(10-8-16)23-14-15-5-3-2-4-6-15/h2-10H,11-14,19H2,1H3. The normalized spacial score (nSPS) is 10.2. The Hall–Kier alpha value is -2.53. The number of hydrogen-bond donors (Lipinski definition) is 1. The van der Waals surface area contributed by atoms with Crippen LogP contribution in [0.4, 0.5) is 0 Å². The molecule has 1 amide bonds. The van der Waals surface area contributed by atoms with Crippen LogP contribution in [-0.4, -0.2) is 37.6 Å². The molecular weight excluding hydrogens is 292 g/mol. The molecule has 0 spiro atoms. The molecule has 0 aliphatic heterocycles. The second-order valence-corrected chi connectivity index (χ2v) is 5.11. The molecule has 5 nitrogen and oxygen atoms in total. The van der Waals surface area contributed by atoms with Crippen molar-refractivity contribution in [1.82, 2.24) is 4.90 Å².